The van der Waals surface area contributed by atoms with E-state index >= 15 is 0 Å². The average Bonchev–Trinajstić information content (AvgIpc) is 2.60. The van der Waals surface area contributed by atoms with Gasteiger partial charge in [-0.25, -0.2) is 0 Å². The van der Waals surface area contributed by atoms with E-state index in [2.05, 4.69) is 10.3 Å². The Bertz CT molecular complexity index is 875. The molecule has 27 heavy (non-hydrogen) atoms. The van der Waals surface area contributed by atoms with Crippen molar-refractivity contribution >= 4 is 17.4 Å². The molecule has 1 heterocycles. The second-order valence-electron chi connectivity index (χ2n) is 5.96. The van der Waals surface area contributed by atoms with Gasteiger partial charge in [-0.2, -0.15) is 10.2 Å². The number of pyridine rings is 1. The van der Waals surface area contributed by atoms with Crippen LogP contribution in [0.5, 0.6) is 17.4 Å². The van der Waals surface area contributed by atoms with Crippen molar-refractivity contribution in [3.8, 4) is 23.4 Å². The minimum Gasteiger partial charge on any atom is -0.497 e. The third kappa shape index (κ3) is 5.01. The number of carbonyl (C=O) groups is 1. The summed E-state index contributed by atoms with van der Waals surface area (Å²) < 4.78 is 16.0. The summed E-state index contributed by atoms with van der Waals surface area (Å²) in [5, 5.41) is 11.9. The van der Waals surface area contributed by atoms with Crippen molar-refractivity contribution in [2.45, 2.75) is 26.4 Å². The van der Waals surface area contributed by atoms with Crippen molar-refractivity contribution in [3.63, 3.8) is 0 Å². The molecule has 0 radical (unpaired) electrons. The number of nitrogen functional groups attached to an aromatic ring is 1. The summed E-state index contributed by atoms with van der Waals surface area (Å²) in [5.74, 6) is 1.15. The summed E-state index contributed by atoms with van der Waals surface area (Å²) in [4.78, 5) is 16.6. The van der Waals surface area contributed by atoms with Gasteiger partial charge in [-0.1, -0.05) is 0 Å². The van der Waals surface area contributed by atoms with Crippen LogP contribution in [0.3, 0.4) is 0 Å². The van der Waals surface area contributed by atoms with Crippen LogP contribution in [0.2, 0.25) is 0 Å². The van der Waals surface area contributed by atoms with Gasteiger partial charge in [-0.3, -0.25) is 4.79 Å². The minimum absolute atomic E-state index is 0.0440. The molecule has 0 aliphatic heterocycles. The van der Waals surface area contributed by atoms with E-state index in [1.54, 1.807) is 39.2 Å². The molecule has 1 amide bonds. The molecule has 0 fully saturated rings. The Balaban J connectivity index is 2.23. The third-order valence-corrected chi connectivity index (χ3v) is 3.58. The Morgan fingerprint density at radius 2 is 2.04 bits per heavy atom. The molecule has 2 rings (SSSR count). The van der Waals surface area contributed by atoms with E-state index in [4.69, 9.17) is 19.9 Å². The van der Waals surface area contributed by atoms with Crippen molar-refractivity contribution in [2.24, 2.45) is 0 Å². The number of anilines is 2. The first-order valence-electron chi connectivity index (χ1n) is 8.26. The van der Waals surface area contributed by atoms with Crippen molar-refractivity contribution < 1.29 is 19.0 Å². The lowest BCUT2D eigenvalue weighted by atomic mass is 10.1. The summed E-state index contributed by atoms with van der Waals surface area (Å²) in [6.45, 7) is 3.61. The molecule has 0 saturated heterocycles. The smallest absolute Gasteiger partial charge is 0.236 e. The molecule has 3 N–H and O–H groups in total. The number of hydrogen-bond acceptors (Lipinski definition) is 7. The second kappa shape index (κ2) is 8.76. The highest BCUT2D eigenvalue weighted by Crippen LogP contribution is 2.27. The molecule has 2 aromatic rings. The van der Waals surface area contributed by atoms with Gasteiger partial charge in [0.25, 0.3) is 0 Å². The van der Waals surface area contributed by atoms with E-state index in [1.165, 1.54) is 13.2 Å². The van der Waals surface area contributed by atoms with Crippen LogP contribution in [0.25, 0.3) is 0 Å². The van der Waals surface area contributed by atoms with E-state index in [0.29, 0.717) is 17.1 Å². The maximum Gasteiger partial charge on any atom is 0.236 e. The molecule has 0 bridgehead atoms. The van der Waals surface area contributed by atoms with Gasteiger partial charge in [0.2, 0.25) is 11.8 Å². The van der Waals surface area contributed by atoms with Crippen LogP contribution in [0.4, 0.5) is 11.5 Å². The number of ether oxygens (including phenoxy) is 3. The first-order chi connectivity index (χ1) is 12.9. The summed E-state index contributed by atoms with van der Waals surface area (Å²) in [6, 6.07) is 8.59. The third-order valence-electron chi connectivity index (χ3n) is 3.58. The number of nitrogens with one attached hydrogen (secondary N) is 1. The Hall–Kier alpha value is -3.47. The SMILES string of the molecule is COc1ccc(OC)c(CC(=O)Nc2cc(N)c(C#N)c(OC(C)C)n2)c1. The van der Waals surface area contributed by atoms with Crippen LogP contribution < -0.4 is 25.3 Å². The molecule has 1 aromatic heterocycles. The number of amides is 1. The van der Waals surface area contributed by atoms with E-state index in [1.807, 2.05) is 6.07 Å². The zero-order valence-electron chi connectivity index (χ0n) is 15.7. The Morgan fingerprint density at radius 3 is 2.63 bits per heavy atom. The Morgan fingerprint density at radius 1 is 1.30 bits per heavy atom. The lowest BCUT2D eigenvalue weighted by Gasteiger charge is -2.14. The predicted octanol–water partition coefficient (Wildman–Crippen LogP) is 2.52. The molecule has 8 nitrogen and oxygen atoms in total. The highest BCUT2D eigenvalue weighted by Gasteiger charge is 2.16. The average molecular weight is 370 g/mol. The molecular formula is C19H22N4O4. The van der Waals surface area contributed by atoms with Crippen LogP contribution in [0.1, 0.15) is 25.0 Å². The molecule has 0 atom stereocenters. The van der Waals surface area contributed by atoms with Crippen LogP contribution in [-0.4, -0.2) is 31.2 Å². The molecule has 0 saturated carbocycles. The van der Waals surface area contributed by atoms with Crippen LogP contribution in [0.15, 0.2) is 24.3 Å². The standard InChI is InChI=1S/C19H22N4O4/c1-11(2)27-19-14(10-20)15(21)9-17(23-19)22-18(24)8-12-7-13(25-3)5-6-16(12)26-4/h5-7,9,11H,8H2,1-4H3,(H3,21,22,23,24). The number of aromatic nitrogens is 1. The van der Waals surface area contributed by atoms with Gasteiger partial charge in [0, 0.05) is 11.6 Å². The highest BCUT2D eigenvalue weighted by molar-refractivity contribution is 5.92. The fraction of sp³-hybridized carbons (Fsp3) is 0.316. The largest absolute Gasteiger partial charge is 0.497 e. The lowest BCUT2D eigenvalue weighted by Crippen LogP contribution is -2.17. The van der Waals surface area contributed by atoms with Crippen molar-refractivity contribution in [1.82, 2.24) is 4.98 Å². The number of nitrogens with two attached hydrogens (primary N) is 1. The maximum absolute atomic E-state index is 12.5. The van der Waals surface area contributed by atoms with E-state index in [-0.39, 0.29) is 41.4 Å². The maximum atomic E-state index is 12.5. The lowest BCUT2D eigenvalue weighted by molar-refractivity contribution is -0.115. The van der Waals surface area contributed by atoms with Gasteiger partial charge < -0.3 is 25.3 Å². The van der Waals surface area contributed by atoms with Gasteiger partial charge in [0.15, 0.2) is 0 Å². The number of methoxy groups -OCH3 is 2. The normalized spacial score (nSPS) is 10.2. The fourth-order valence-corrected chi connectivity index (χ4v) is 2.41. The highest BCUT2D eigenvalue weighted by atomic mass is 16.5. The molecule has 0 unspecified atom stereocenters. The number of rotatable bonds is 7. The number of carbonyl (C=O) groups excluding carboxylic acids is 1. The van der Waals surface area contributed by atoms with Crippen LogP contribution in [-0.2, 0) is 11.2 Å². The van der Waals surface area contributed by atoms with Gasteiger partial charge in [0.1, 0.15) is 28.9 Å². The van der Waals surface area contributed by atoms with Crippen LogP contribution >= 0.6 is 0 Å². The van der Waals surface area contributed by atoms with E-state index < -0.39 is 0 Å². The first-order valence-corrected chi connectivity index (χ1v) is 8.26. The topological polar surface area (TPSA) is 119 Å². The number of hydrogen-bond donors (Lipinski definition) is 2. The number of benzene rings is 1. The summed E-state index contributed by atoms with van der Waals surface area (Å²) in [7, 11) is 3.08. The zero-order valence-corrected chi connectivity index (χ0v) is 15.7. The minimum atomic E-state index is -0.325. The predicted molar refractivity (Wildman–Crippen MR) is 101 cm³/mol. The van der Waals surface area contributed by atoms with Crippen molar-refractivity contribution in [3.05, 3.63) is 35.4 Å². The quantitative estimate of drug-likeness (QED) is 0.768. The monoisotopic (exact) mass is 370 g/mol. The Kier molecular flexibility index (Phi) is 6.44. The van der Waals surface area contributed by atoms with Gasteiger partial charge in [-0.15, -0.1) is 0 Å². The first kappa shape index (κ1) is 19.8. The molecule has 8 heteroatoms. The van der Waals surface area contributed by atoms with Crippen molar-refractivity contribution in [1.29, 1.82) is 5.26 Å². The molecular weight excluding hydrogens is 348 g/mol. The Labute approximate surface area is 157 Å². The van der Waals surface area contributed by atoms with Crippen molar-refractivity contribution in [2.75, 3.05) is 25.3 Å². The number of nitriles is 1. The molecule has 1 aromatic carbocycles. The summed E-state index contributed by atoms with van der Waals surface area (Å²) in [5.41, 5.74) is 6.87. The summed E-state index contributed by atoms with van der Waals surface area (Å²) >= 11 is 0. The fourth-order valence-electron chi connectivity index (χ4n) is 2.41. The molecule has 0 spiro atoms. The van der Waals surface area contributed by atoms with Gasteiger partial charge >= 0.3 is 0 Å². The van der Waals surface area contributed by atoms with Crippen LogP contribution in [0, 0.1) is 11.3 Å². The second-order valence-corrected chi connectivity index (χ2v) is 5.96. The molecule has 0 aliphatic carbocycles. The number of nitrogens with zero attached hydrogens (tertiary/aromatic N) is 2. The zero-order chi connectivity index (χ0) is 20.0. The molecule has 142 valence electrons. The van der Waals surface area contributed by atoms with E-state index in [9.17, 15) is 10.1 Å². The van der Waals surface area contributed by atoms with Gasteiger partial charge in [0.05, 0.1) is 32.4 Å². The van der Waals surface area contributed by atoms with Gasteiger partial charge in [-0.05, 0) is 32.0 Å². The summed E-state index contributed by atoms with van der Waals surface area (Å²) in [6.07, 6.45) is -0.154. The van der Waals surface area contributed by atoms with E-state index in [0.717, 1.165) is 0 Å². The molecule has 0 aliphatic rings.